The lowest BCUT2D eigenvalue weighted by molar-refractivity contribution is -0.137. The van der Waals surface area contributed by atoms with Gasteiger partial charge in [0.15, 0.2) is 0 Å². The maximum absolute atomic E-state index is 12.6. The smallest absolute Gasteiger partial charge is 0.292 e. The maximum Gasteiger partial charge on any atom is 0.416 e. The molecular weight excluding hydrogens is 293 g/mol. The molecule has 1 aromatic heterocycles. The van der Waals surface area contributed by atoms with Gasteiger partial charge in [-0.1, -0.05) is 23.7 Å². The molecular formula is C13H10ClF3N2O. The minimum Gasteiger partial charge on any atom is -0.292 e. The highest BCUT2D eigenvalue weighted by atomic mass is 35.5. The van der Waals surface area contributed by atoms with E-state index in [-0.39, 0.29) is 11.7 Å². The molecule has 0 radical (unpaired) electrons. The van der Waals surface area contributed by atoms with Crippen molar-refractivity contribution >= 4 is 11.6 Å². The Morgan fingerprint density at radius 3 is 2.60 bits per heavy atom. The highest BCUT2D eigenvalue weighted by Crippen LogP contribution is 2.29. The lowest BCUT2D eigenvalue weighted by atomic mass is 10.1. The standard InChI is InChI=1S/C13H10ClF3N2O/c1-8-18-11(14)6-12(20)19(8)7-9-3-2-4-10(5-9)13(15,16)17/h2-6H,7H2,1H3. The van der Waals surface area contributed by atoms with Crippen molar-refractivity contribution in [3.05, 3.63) is 62.8 Å². The third-order valence-electron chi connectivity index (χ3n) is 2.76. The number of alkyl halides is 3. The number of hydrogen-bond donors (Lipinski definition) is 0. The van der Waals surface area contributed by atoms with Gasteiger partial charge in [-0.25, -0.2) is 4.98 Å². The quantitative estimate of drug-likeness (QED) is 0.798. The first-order valence-corrected chi connectivity index (χ1v) is 6.05. The Labute approximate surface area is 117 Å². The van der Waals surface area contributed by atoms with Crippen LogP contribution in [0.3, 0.4) is 0 Å². The van der Waals surface area contributed by atoms with Gasteiger partial charge in [0, 0.05) is 6.07 Å². The molecule has 0 atom stereocenters. The topological polar surface area (TPSA) is 34.9 Å². The van der Waals surface area contributed by atoms with Crippen LogP contribution in [0.25, 0.3) is 0 Å². The summed E-state index contributed by atoms with van der Waals surface area (Å²) >= 11 is 5.64. The van der Waals surface area contributed by atoms with E-state index in [1.165, 1.54) is 16.7 Å². The lowest BCUT2D eigenvalue weighted by Crippen LogP contribution is -2.23. The van der Waals surface area contributed by atoms with Gasteiger partial charge in [-0.15, -0.1) is 0 Å². The van der Waals surface area contributed by atoms with Gasteiger partial charge >= 0.3 is 6.18 Å². The summed E-state index contributed by atoms with van der Waals surface area (Å²) in [7, 11) is 0. The molecule has 2 rings (SSSR count). The average molecular weight is 303 g/mol. The van der Waals surface area contributed by atoms with Crippen LogP contribution in [0.4, 0.5) is 13.2 Å². The van der Waals surface area contributed by atoms with Crippen LogP contribution in [0.15, 0.2) is 35.1 Å². The van der Waals surface area contributed by atoms with E-state index in [4.69, 9.17) is 11.6 Å². The molecule has 0 unspecified atom stereocenters. The van der Waals surface area contributed by atoms with Gasteiger partial charge in [-0.05, 0) is 24.6 Å². The second-order valence-electron chi connectivity index (χ2n) is 4.25. The fraction of sp³-hybridized carbons (Fsp3) is 0.231. The fourth-order valence-corrected chi connectivity index (χ4v) is 2.02. The molecule has 0 bridgehead atoms. The second kappa shape index (κ2) is 5.28. The third-order valence-corrected chi connectivity index (χ3v) is 2.96. The largest absolute Gasteiger partial charge is 0.416 e. The van der Waals surface area contributed by atoms with Crippen LogP contribution in [0.1, 0.15) is 17.0 Å². The fourth-order valence-electron chi connectivity index (χ4n) is 1.81. The molecule has 0 fully saturated rings. The summed E-state index contributed by atoms with van der Waals surface area (Å²) < 4.78 is 39.1. The Morgan fingerprint density at radius 2 is 2.00 bits per heavy atom. The zero-order chi connectivity index (χ0) is 14.9. The molecule has 0 aliphatic carbocycles. The maximum atomic E-state index is 12.6. The number of rotatable bonds is 2. The van der Waals surface area contributed by atoms with Crippen LogP contribution in [0.2, 0.25) is 5.15 Å². The lowest BCUT2D eigenvalue weighted by Gasteiger charge is -2.11. The van der Waals surface area contributed by atoms with E-state index in [9.17, 15) is 18.0 Å². The molecule has 0 aliphatic heterocycles. The molecule has 0 saturated carbocycles. The van der Waals surface area contributed by atoms with Crippen LogP contribution in [0, 0.1) is 6.92 Å². The van der Waals surface area contributed by atoms with Crippen molar-refractivity contribution in [1.82, 2.24) is 9.55 Å². The van der Waals surface area contributed by atoms with Crippen molar-refractivity contribution in [3.63, 3.8) is 0 Å². The van der Waals surface area contributed by atoms with Gasteiger partial charge in [-0.2, -0.15) is 13.2 Å². The van der Waals surface area contributed by atoms with E-state index in [2.05, 4.69) is 4.98 Å². The van der Waals surface area contributed by atoms with Crippen molar-refractivity contribution in [2.45, 2.75) is 19.6 Å². The summed E-state index contributed by atoms with van der Waals surface area (Å²) in [6, 6.07) is 5.96. The van der Waals surface area contributed by atoms with Crippen molar-refractivity contribution in [3.8, 4) is 0 Å². The minimum atomic E-state index is -4.41. The van der Waals surface area contributed by atoms with E-state index in [0.29, 0.717) is 11.4 Å². The van der Waals surface area contributed by atoms with E-state index >= 15 is 0 Å². The molecule has 7 heteroatoms. The number of nitrogens with zero attached hydrogens (tertiary/aromatic N) is 2. The minimum absolute atomic E-state index is 0.0127. The Balaban J connectivity index is 2.39. The number of hydrogen-bond acceptors (Lipinski definition) is 2. The Hall–Kier alpha value is -1.82. The molecule has 106 valence electrons. The normalized spacial score (nSPS) is 11.7. The summed E-state index contributed by atoms with van der Waals surface area (Å²) in [4.78, 5) is 15.7. The molecule has 0 aliphatic rings. The van der Waals surface area contributed by atoms with E-state index in [0.717, 1.165) is 18.2 Å². The predicted molar refractivity (Wildman–Crippen MR) is 68.8 cm³/mol. The van der Waals surface area contributed by atoms with Crippen molar-refractivity contribution < 1.29 is 13.2 Å². The Kier molecular flexibility index (Phi) is 3.85. The summed E-state index contributed by atoms with van der Waals surface area (Å²) in [5.41, 5.74) is -0.781. The number of benzene rings is 1. The van der Waals surface area contributed by atoms with Crippen LogP contribution in [0.5, 0.6) is 0 Å². The Bertz CT molecular complexity index is 695. The van der Waals surface area contributed by atoms with Crippen molar-refractivity contribution in [2.75, 3.05) is 0 Å². The van der Waals surface area contributed by atoms with Crippen molar-refractivity contribution in [1.29, 1.82) is 0 Å². The molecule has 0 saturated heterocycles. The van der Waals surface area contributed by atoms with Gasteiger partial charge in [-0.3, -0.25) is 9.36 Å². The first kappa shape index (κ1) is 14.6. The van der Waals surface area contributed by atoms with Crippen molar-refractivity contribution in [2.24, 2.45) is 0 Å². The van der Waals surface area contributed by atoms with Gasteiger partial charge in [0.25, 0.3) is 5.56 Å². The highest BCUT2D eigenvalue weighted by Gasteiger charge is 2.30. The zero-order valence-electron chi connectivity index (χ0n) is 10.4. The van der Waals surface area contributed by atoms with E-state index < -0.39 is 17.3 Å². The van der Waals surface area contributed by atoms with Crippen LogP contribution >= 0.6 is 11.6 Å². The van der Waals surface area contributed by atoms with Gasteiger partial charge < -0.3 is 0 Å². The molecule has 2 aromatic rings. The number of aryl methyl sites for hydroxylation is 1. The highest BCUT2D eigenvalue weighted by molar-refractivity contribution is 6.29. The average Bonchev–Trinajstić information content (AvgIpc) is 2.33. The molecule has 0 N–H and O–H groups in total. The molecule has 1 heterocycles. The number of aromatic nitrogens is 2. The first-order valence-electron chi connectivity index (χ1n) is 5.67. The van der Waals surface area contributed by atoms with E-state index in [1.807, 2.05) is 0 Å². The summed E-state index contributed by atoms with van der Waals surface area (Å²) in [5, 5.41) is 0.0628. The molecule has 0 spiro atoms. The van der Waals surface area contributed by atoms with Gasteiger partial charge in [0.2, 0.25) is 0 Å². The van der Waals surface area contributed by atoms with Crippen LogP contribution in [-0.2, 0) is 12.7 Å². The zero-order valence-corrected chi connectivity index (χ0v) is 11.2. The van der Waals surface area contributed by atoms with Gasteiger partial charge in [0.1, 0.15) is 11.0 Å². The van der Waals surface area contributed by atoms with Gasteiger partial charge in [0.05, 0.1) is 12.1 Å². The summed E-state index contributed by atoms with van der Waals surface area (Å²) in [6.45, 7) is 1.58. The monoisotopic (exact) mass is 302 g/mol. The summed E-state index contributed by atoms with van der Waals surface area (Å²) in [5.74, 6) is 0.347. The SMILES string of the molecule is Cc1nc(Cl)cc(=O)n1Cc1cccc(C(F)(F)F)c1. The van der Waals surface area contributed by atoms with Crippen LogP contribution in [-0.4, -0.2) is 9.55 Å². The molecule has 0 amide bonds. The molecule has 3 nitrogen and oxygen atoms in total. The molecule has 1 aromatic carbocycles. The molecule has 20 heavy (non-hydrogen) atoms. The van der Waals surface area contributed by atoms with E-state index in [1.54, 1.807) is 6.92 Å². The number of halogens is 4. The summed E-state index contributed by atoms with van der Waals surface area (Å²) in [6.07, 6.45) is -4.41. The predicted octanol–water partition coefficient (Wildman–Crippen LogP) is 3.27. The third kappa shape index (κ3) is 3.19. The Morgan fingerprint density at radius 1 is 1.30 bits per heavy atom. The van der Waals surface area contributed by atoms with Crippen LogP contribution < -0.4 is 5.56 Å². The first-order chi connectivity index (χ1) is 9.27. The second-order valence-corrected chi connectivity index (χ2v) is 4.64.